The van der Waals surface area contributed by atoms with Gasteiger partial charge >= 0.3 is 0 Å². The van der Waals surface area contributed by atoms with E-state index in [0.29, 0.717) is 0 Å². The van der Waals surface area contributed by atoms with Gasteiger partial charge in [0.05, 0.1) is 0 Å². The zero-order valence-corrected chi connectivity index (χ0v) is 27.0. The average Bonchev–Trinajstić information content (AvgIpc) is 3.16. The van der Waals surface area contributed by atoms with Gasteiger partial charge in [-0.3, -0.25) is 0 Å². The highest BCUT2D eigenvalue weighted by molar-refractivity contribution is 7.16. The molecule has 8 aromatic rings. The molecular weight excluding hydrogens is 581 g/mol. The summed E-state index contributed by atoms with van der Waals surface area (Å²) in [6.45, 7) is 0. The van der Waals surface area contributed by atoms with E-state index in [9.17, 15) is 0 Å². The van der Waals surface area contributed by atoms with Crippen LogP contribution in [-0.2, 0) is 0 Å². The lowest BCUT2D eigenvalue weighted by Gasteiger charge is -2.28. The van der Waals surface area contributed by atoms with Crippen molar-refractivity contribution in [2.24, 2.45) is 0 Å². The van der Waals surface area contributed by atoms with Crippen LogP contribution in [0.2, 0.25) is 0 Å². The molecule has 0 N–H and O–H groups in total. The third-order valence-corrected chi connectivity index (χ3v) is 13.3. The van der Waals surface area contributed by atoms with Gasteiger partial charge in [0.25, 0.3) is 0 Å². The lowest BCUT2D eigenvalue weighted by Crippen LogP contribution is -2.66. The summed E-state index contributed by atoms with van der Waals surface area (Å²) in [6.07, 6.45) is 0. The van der Waals surface area contributed by atoms with E-state index in [0.717, 1.165) is 5.56 Å². The normalized spacial score (nSPS) is 11.2. The van der Waals surface area contributed by atoms with Gasteiger partial charge in [0.15, 0.2) is 0 Å². The van der Waals surface area contributed by atoms with Gasteiger partial charge in [0, 0.05) is 5.56 Å². The number of hydrogen-bond acceptors (Lipinski definition) is 0. The molecule has 8 rings (SSSR count). The van der Waals surface area contributed by atoms with Crippen LogP contribution in [0.1, 0.15) is 5.56 Å². The fraction of sp³-hybridized carbons (Fsp3) is 0. The Morgan fingerprint density at radius 2 is 0.745 bits per heavy atom. The Labute approximate surface area is 277 Å². The number of benzene rings is 8. The Bertz CT molecular complexity index is 2270. The first-order valence-corrected chi connectivity index (χ1v) is 18.1. The van der Waals surface area contributed by atoms with E-state index in [-0.39, 0.29) is 0 Å². The maximum atomic E-state index is 4.08. The van der Waals surface area contributed by atoms with Gasteiger partial charge in [-0.15, -0.1) is 5.54 Å². The smallest absolute Gasteiger partial charge is 0.109 e. The molecule has 0 radical (unpaired) electrons. The first-order chi connectivity index (χ1) is 23.3. The van der Waals surface area contributed by atoms with Crippen molar-refractivity contribution in [2.45, 2.75) is 0 Å². The molecule has 0 atom stereocenters. The van der Waals surface area contributed by atoms with E-state index < -0.39 is 8.07 Å². The summed E-state index contributed by atoms with van der Waals surface area (Å²) in [5, 5.41) is 8.63. The molecule has 8 aromatic carbocycles. The molecule has 0 fully saturated rings. The number of fused-ring (bicyclic) bond motifs is 2. The van der Waals surface area contributed by atoms with E-state index in [1.165, 1.54) is 59.4 Å². The van der Waals surface area contributed by atoms with Crippen molar-refractivity contribution in [3.63, 3.8) is 0 Å². The molecule has 0 bridgehead atoms. The van der Waals surface area contributed by atoms with Crippen molar-refractivity contribution in [1.29, 1.82) is 0 Å². The van der Waals surface area contributed by atoms with Crippen LogP contribution in [0.3, 0.4) is 0 Å². The summed E-state index contributed by atoms with van der Waals surface area (Å²) in [6, 6.07) is 69.9. The molecule has 0 aromatic heterocycles. The third kappa shape index (κ3) is 5.16. The zero-order valence-electron chi connectivity index (χ0n) is 26.0. The Morgan fingerprint density at radius 1 is 0.319 bits per heavy atom. The molecule has 0 heterocycles. The first-order valence-electron chi connectivity index (χ1n) is 16.1. The molecule has 0 saturated carbocycles. The van der Waals surface area contributed by atoms with Crippen molar-refractivity contribution in [3.8, 4) is 33.7 Å². The minimum Gasteiger partial charge on any atom is -0.109 e. The van der Waals surface area contributed by atoms with Crippen LogP contribution in [0.25, 0.3) is 43.8 Å². The Morgan fingerprint density at radius 3 is 1.28 bits per heavy atom. The highest BCUT2D eigenvalue weighted by atomic mass is 28.3. The second-order valence-corrected chi connectivity index (χ2v) is 15.4. The maximum absolute atomic E-state index is 4.08. The average molecular weight is 613 g/mol. The summed E-state index contributed by atoms with van der Waals surface area (Å²) < 4.78 is 0. The Hall–Kier alpha value is -5.94. The molecule has 1 heteroatoms. The predicted molar refractivity (Wildman–Crippen MR) is 203 cm³/mol. The van der Waals surface area contributed by atoms with Crippen molar-refractivity contribution >= 4 is 45.2 Å². The summed E-state index contributed by atoms with van der Waals surface area (Å²) in [7, 11) is -2.78. The van der Waals surface area contributed by atoms with E-state index in [4.69, 9.17) is 0 Å². The summed E-state index contributed by atoms with van der Waals surface area (Å²) in [4.78, 5) is 0. The summed E-state index contributed by atoms with van der Waals surface area (Å²) in [5.41, 5.74) is 10.0. The topological polar surface area (TPSA) is 0 Å². The summed E-state index contributed by atoms with van der Waals surface area (Å²) >= 11 is 0. The minimum atomic E-state index is -2.78. The molecule has 0 unspecified atom stereocenters. The Kier molecular flexibility index (Phi) is 7.56. The molecule has 0 amide bonds. The van der Waals surface area contributed by atoms with Gasteiger partial charge < -0.3 is 0 Å². The SMILES string of the molecule is C(#C[Si](c1ccccc1)(c1ccccc1)c1ccccc1)c1c2ccccc2c(-c2ccccc2)c2cc(-c3ccccc3)ccc12. The predicted octanol–water partition coefficient (Wildman–Crippen LogP) is 9.39. The van der Waals surface area contributed by atoms with Crippen LogP contribution in [0.15, 0.2) is 194 Å². The van der Waals surface area contributed by atoms with E-state index in [1.807, 2.05) is 0 Å². The monoisotopic (exact) mass is 612 g/mol. The van der Waals surface area contributed by atoms with Gasteiger partial charge in [-0.1, -0.05) is 194 Å². The minimum absolute atomic E-state index is 1.08. The highest BCUT2D eigenvalue weighted by Crippen LogP contribution is 2.40. The van der Waals surface area contributed by atoms with Crippen molar-refractivity contribution in [3.05, 3.63) is 200 Å². The molecule has 0 aliphatic carbocycles. The van der Waals surface area contributed by atoms with Crippen molar-refractivity contribution in [2.75, 3.05) is 0 Å². The highest BCUT2D eigenvalue weighted by Gasteiger charge is 2.38. The molecule has 220 valence electrons. The van der Waals surface area contributed by atoms with Crippen molar-refractivity contribution in [1.82, 2.24) is 0 Å². The van der Waals surface area contributed by atoms with Gasteiger partial charge in [0.2, 0.25) is 8.07 Å². The second kappa shape index (κ2) is 12.5. The second-order valence-electron chi connectivity index (χ2n) is 11.9. The van der Waals surface area contributed by atoms with Crippen LogP contribution in [0, 0.1) is 11.5 Å². The fourth-order valence-electron chi connectivity index (χ4n) is 6.98. The molecule has 0 aliphatic heterocycles. The van der Waals surface area contributed by atoms with E-state index in [2.05, 4.69) is 206 Å². The lowest BCUT2D eigenvalue weighted by atomic mass is 9.87. The van der Waals surface area contributed by atoms with Gasteiger partial charge in [0.1, 0.15) is 0 Å². The van der Waals surface area contributed by atoms with E-state index in [1.54, 1.807) is 0 Å². The van der Waals surface area contributed by atoms with Crippen LogP contribution in [0.4, 0.5) is 0 Å². The third-order valence-electron chi connectivity index (χ3n) is 9.19. The maximum Gasteiger partial charge on any atom is 0.230 e. The lowest BCUT2D eigenvalue weighted by molar-refractivity contribution is 1.63. The van der Waals surface area contributed by atoms with Gasteiger partial charge in [-0.25, -0.2) is 0 Å². The van der Waals surface area contributed by atoms with Gasteiger partial charge in [-0.2, -0.15) is 0 Å². The number of hydrogen-bond donors (Lipinski definition) is 0. The number of rotatable bonds is 5. The molecule has 0 nitrogen and oxygen atoms in total. The van der Waals surface area contributed by atoms with Crippen LogP contribution >= 0.6 is 0 Å². The molecule has 0 aliphatic rings. The van der Waals surface area contributed by atoms with E-state index >= 15 is 0 Å². The Balaban J connectivity index is 1.49. The van der Waals surface area contributed by atoms with Crippen molar-refractivity contribution < 1.29 is 0 Å². The fourth-order valence-corrected chi connectivity index (χ4v) is 10.8. The molecule has 0 saturated heterocycles. The zero-order chi connectivity index (χ0) is 31.5. The van der Waals surface area contributed by atoms with Crippen LogP contribution < -0.4 is 15.6 Å². The van der Waals surface area contributed by atoms with Gasteiger partial charge in [-0.05, 0) is 65.4 Å². The largest absolute Gasteiger partial charge is 0.230 e. The van der Waals surface area contributed by atoms with Crippen LogP contribution in [-0.4, -0.2) is 8.07 Å². The van der Waals surface area contributed by atoms with Crippen LogP contribution in [0.5, 0.6) is 0 Å². The summed E-state index contributed by atoms with van der Waals surface area (Å²) in [5.74, 6) is 3.92. The first kappa shape index (κ1) is 28.5. The quantitative estimate of drug-likeness (QED) is 0.0786. The molecule has 0 spiro atoms. The molecular formula is C46H32Si. The molecule has 47 heavy (non-hydrogen) atoms. The standard InChI is InChI=1S/C46H32Si/c1-6-18-35(19-7-1)37-30-31-42-43(41-28-16-17-29-44(41)46(45(42)34-37)36-20-8-2-9-21-36)32-33-47(38-22-10-3-11-23-38,39-24-12-4-13-25-39)40-26-14-5-15-27-40/h1-31,34H.